The first kappa shape index (κ1) is 15.9. The molecule has 0 radical (unpaired) electrons. The predicted molar refractivity (Wildman–Crippen MR) is 99.1 cm³/mol. The smallest absolute Gasteiger partial charge is 0.311 e. The highest BCUT2D eigenvalue weighted by Gasteiger charge is 2.48. The summed E-state index contributed by atoms with van der Waals surface area (Å²) in [6, 6.07) is 8.60. The van der Waals surface area contributed by atoms with Crippen LogP contribution in [0.5, 0.6) is 0 Å². The van der Waals surface area contributed by atoms with Gasteiger partial charge < -0.3 is 19.7 Å². The fourth-order valence-electron chi connectivity index (χ4n) is 5.43. The second kappa shape index (κ2) is 5.88. The molecule has 1 aliphatic carbocycles. The number of fused-ring (bicyclic) bond motifs is 6. The number of esters is 1. The average molecular weight is 352 g/mol. The number of aliphatic hydroxyl groups excluding tert-OH is 1. The zero-order valence-electron chi connectivity index (χ0n) is 14.9. The monoisotopic (exact) mass is 352 g/mol. The molecule has 5 unspecified atom stereocenters. The van der Waals surface area contributed by atoms with E-state index >= 15 is 0 Å². The van der Waals surface area contributed by atoms with Gasteiger partial charge in [-0.3, -0.25) is 4.79 Å². The molecule has 1 aromatic heterocycles. The second-order valence-electron chi connectivity index (χ2n) is 7.88. The van der Waals surface area contributed by atoms with Crippen LogP contribution in [0.3, 0.4) is 0 Å². The van der Waals surface area contributed by atoms with E-state index in [9.17, 15) is 9.90 Å². The number of ether oxygens (including phenoxy) is 1. The minimum absolute atomic E-state index is 0.165. The van der Waals surface area contributed by atoms with Crippen LogP contribution in [0.25, 0.3) is 17.0 Å². The van der Waals surface area contributed by atoms with Gasteiger partial charge in [-0.15, -0.1) is 0 Å². The van der Waals surface area contributed by atoms with Crippen LogP contribution in [0, 0.1) is 17.8 Å². The van der Waals surface area contributed by atoms with E-state index in [-0.39, 0.29) is 17.9 Å². The molecule has 1 aromatic carbocycles. The summed E-state index contributed by atoms with van der Waals surface area (Å²) in [5, 5.41) is 11.7. The number of nitrogens with one attached hydrogen (secondary N) is 1. The lowest BCUT2D eigenvalue weighted by Crippen LogP contribution is -2.51. The van der Waals surface area contributed by atoms with Crippen molar-refractivity contribution in [1.29, 1.82) is 0 Å². The van der Waals surface area contributed by atoms with Crippen LogP contribution >= 0.6 is 0 Å². The summed E-state index contributed by atoms with van der Waals surface area (Å²) in [4.78, 5) is 18.4. The van der Waals surface area contributed by atoms with Crippen molar-refractivity contribution in [2.45, 2.75) is 31.4 Å². The first-order valence-corrected chi connectivity index (χ1v) is 9.48. The van der Waals surface area contributed by atoms with Crippen LogP contribution in [0.4, 0.5) is 0 Å². The number of rotatable bonds is 1. The highest BCUT2D eigenvalue weighted by molar-refractivity contribution is 5.91. The van der Waals surface area contributed by atoms with E-state index < -0.39 is 12.0 Å². The van der Waals surface area contributed by atoms with Crippen molar-refractivity contribution in [2.75, 3.05) is 13.7 Å². The summed E-state index contributed by atoms with van der Waals surface area (Å²) >= 11 is 0. The molecule has 3 aliphatic rings. The minimum atomic E-state index is -0.587. The number of benzene rings is 1. The normalized spacial score (nSPS) is 32.7. The largest absolute Gasteiger partial charge is 0.469 e. The summed E-state index contributed by atoms with van der Waals surface area (Å²) in [5.41, 5.74) is 3.64. The Kier molecular flexibility index (Phi) is 3.60. The number of carbonyl (C=O) groups excluding carboxylic acids is 1. The maximum Gasteiger partial charge on any atom is 0.311 e. The van der Waals surface area contributed by atoms with Gasteiger partial charge in [0.15, 0.2) is 0 Å². The van der Waals surface area contributed by atoms with Crippen molar-refractivity contribution in [3.63, 3.8) is 0 Å². The molecule has 5 nitrogen and oxygen atoms in total. The molecule has 2 N–H and O–H groups in total. The number of piperidine rings is 1. The molecule has 26 heavy (non-hydrogen) atoms. The topological polar surface area (TPSA) is 65.6 Å². The van der Waals surface area contributed by atoms with Gasteiger partial charge in [-0.1, -0.05) is 18.2 Å². The van der Waals surface area contributed by atoms with Crippen molar-refractivity contribution >= 4 is 22.9 Å². The standard InChI is InChI=1S/C21H24N2O3/c1-26-21(25)19-15-10-17-20-14(13-4-2-3-5-16(13)22-20)8-9-23(17)11-12(15)6-7-18(19)24/h2-5,8-9,12,15,17-19,22,24H,6-7,10-11H2,1H3. The molecule has 2 fully saturated rings. The molecule has 5 rings (SSSR count). The lowest BCUT2D eigenvalue weighted by atomic mass is 9.65. The molecule has 5 heteroatoms. The third-order valence-electron chi connectivity index (χ3n) is 6.67. The van der Waals surface area contributed by atoms with Crippen LogP contribution in [-0.2, 0) is 9.53 Å². The average Bonchev–Trinajstić information content (AvgIpc) is 3.05. The number of hydrogen-bond donors (Lipinski definition) is 2. The number of nitrogens with zero attached hydrogens (tertiary/aromatic N) is 1. The summed E-state index contributed by atoms with van der Waals surface area (Å²) in [6.07, 6.45) is 6.35. The molecule has 1 saturated heterocycles. The van der Waals surface area contributed by atoms with Crippen molar-refractivity contribution < 1.29 is 14.6 Å². The zero-order valence-corrected chi connectivity index (χ0v) is 14.9. The number of aromatic nitrogens is 1. The van der Waals surface area contributed by atoms with E-state index in [1.54, 1.807) is 0 Å². The van der Waals surface area contributed by atoms with E-state index in [0.717, 1.165) is 24.9 Å². The van der Waals surface area contributed by atoms with E-state index in [1.165, 1.54) is 23.8 Å². The van der Waals surface area contributed by atoms with E-state index in [4.69, 9.17) is 4.74 Å². The molecular weight excluding hydrogens is 328 g/mol. The number of aromatic amines is 1. The molecule has 2 aromatic rings. The van der Waals surface area contributed by atoms with Gasteiger partial charge in [0.25, 0.3) is 0 Å². The molecule has 0 bridgehead atoms. The summed E-state index contributed by atoms with van der Waals surface area (Å²) in [6.45, 7) is 0.931. The molecular formula is C21H24N2O3. The van der Waals surface area contributed by atoms with Gasteiger partial charge >= 0.3 is 5.97 Å². The van der Waals surface area contributed by atoms with Crippen molar-refractivity contribution in [1.82, 2.24) is 9.88 Å². The maximum atomic E-state index is 12.4. The minimum Gasteiger partial charge on any atom is -0.469 e. The Bertz CT molecular complexity index is 887. The van der Waals surface area contributed by atoms with Crippen molar-refractivity contribution in [2.24, 2.45) is 17.8 Å². The zero-order chi connectivity index (χ0) is 17.8. The fraction of sp³-hybridized carbons (Fsp3) is 0.476. The number of hydrogen-bond acceptors (Lipinski definition) is 4. The van der Waals surface area contributed by atoms with Gasteiger partial charge in [-0.25, -0.2) is 0 Å². The van der Waals surface area contributed by atoms with E-state index in [1.807, 2.05) is 6.07 Å². The first-order chi connectivity index (χ1) is 12.7. The van der Waals surface area contributed by atoms with Gasteiger partial charge in [-0.2, -0.15) is 0 Å². The number of methoxy groups -OCH3 is 1. The van der Waals surface area contributed by atoms with Gasteiger partial charge in [0.05, 0.1) is 25.2 Å². The Labute approximate surface area is 152 Å². The fourth-order valence-corrected chi connectivity index (χ4v) is 5.43. The van der Waals surface area contributed by atoms with E-state index in [2.05, 4.69) is 40.4 Å². The number of aliphatic hydroxyl groups is 1. The molecule has 136 valence electrons. The lowest BCUT2D eigenvalue weighted by molar-refractivity contribution is -0.159. The van der Waals surface area contributed by atoms with Crippen molar-refractivity contribution in [3.8, 4) is 0 Å². The van der Waals surface area contributed by atoms with Crippen LogP contribution < -0.4 is 0 Å². The molecule has 5 atom stereocenters. The van der Waals surface area contributed by atoms with Gasteiger partial charge in [0.1, 0.15) is 0 Å². The summed E-state index contributed by atoms with van der Waals surface area (Å²) in [5.74, 6) is -0.0731. The predicted octanol–water partition coefficient (Wildman–Crippen LogP) is 3.08. The van der Waals surface area contributed by atoms with Crippen LogP contribution in [0.2, 0.25) is 0 Å². The quantitative estimate of drug-likeness (QED) is 0.774. The van der Waals surface area contributed by atoms with Crippen LogP contribution in [0.15, 0.2) is 30.5 Å². The Morgan fingerprint density at radius 1 is 1.31 bits per heavy atom. The first-order valence-electron chi connectivity index (χ1n) is 9.48. The molecule has 2 aliphatic heterocycles. The Morgan fingerprint density at radius 2 is 2.15 bits per heavy atom. The van der Waals surface area contributed by atoms with Crippen molar-refractivity contribution in [3.05, 3.63) is 41.7 Å². The van der Waals surface area contributed by atoms with Gasteiger partial charge in [-0.05, 0) is 43.2 Å². The number of H-pyrrole nitrogens is 1. The lowest BCUT2D eigenvalue weighted by Gasteiger charge is -2.50. The highest BCUT2D eigenvalue weighted by atomic mass is 16.5. The third kappa shape index (κ3) is 2.23. The summed E-state index contributed by atoms with van der Waals surface area (Å²) < 4.78 is 5.03. The number of para-hydroxylation sites is 1. The van der Waals surface area contributed by atoms with Gasteiger partial charge in [0.2, 0.25) is 0 Å². The molecule has 0 amide bonds. The summed E-state index contributed by atoms with van der Waals surface area (Å²) in [7, 11) is 1.42. The third-order valence-corrected chi connectivity index (χ3v) is 6.67. The second-order valence-corrected chi connectivity index (χ2v) is 7.88. The highest BCUT2D eigenvalue weighted by Crippen LogP contribution is 2.49. The molecule has 1 saturated carbocycles. The Balaban J connectivity index is 1.54. The molecule has 3 heterocycles. The van der Waals surface area contributed by atoms with Gasteiger partial charge in [0, 0.05) is 34.9 Å². The Morgan fingerprint density at radius 3 is 3.00 bits per heavy atom. The Hall–Kier alpha value is -2.27. The SMILES string of the molecule is COC(=O)C1C(O)CCC2CN3C=Cc4c([nH]c5ccccc45)C3CC21. The van der Waals surface area contributed by atoms with E-state index in [0.29, 0.717) is 12.3 Å². The molecule has 0 spiro atoms. The number of carbonyl (C=O) groups is 1. The van der Waals surface area contributed by atoms with Crippen LogP contribution in [-0.4, -0.2) is 40.7 Å². The maximum absolute atomic E-state index is 12.4. The van der Waals surface area contributed by atoms with Crippen LogP contribution in [0.1, 0.15) is 36.6 Å².